The Labute approximate surface area is 160 Å². The smallest absolute Gasteiger partial charge is 0.255 e. The van der Waals surface area contributed by atoms with Crippen molar-refractivity contribution in [2.24, 2.45) is 5.92 Å². The summed E-state index contributed by atoms with van der Waals surface area (Å²) in [5.41, 5.74) is 0.815. The third kappa shape index (κ3) is 4.31. The summed E-state index contributed by atoms with van der Waals surface area (Å²) in [6.07, 6.45) is 1.89. The number of para-hydroxylation sites is 2. The maximum absolute atomic E-state index is 12.9. The first kappa shape index (κ1) is 19.4. The molecular formula is C20H24N2O4S. The molecule has 0 aliphatic carbocycles. The molecule has 1 N–H and O–H groups in total. The van der Waals surface area contributed by atoms with Gasteiger partial charge in [0, 0.05) is 18.7 Å². The van der Waals surface area contributed by atoms with E-state index in [1.165, 1.54) is 23.5 Å². The predicted molar refractivity (Wildman–Crippen MR) is 105 cm³/mol. The Morgan fingerprint density at radius 1 is 1.19 bits per heavy atom. The SMILES string of the molecule is COc1ccccc1NC(=O)c1cccc(S(=O)(=O)N2CCCC(C)C2)c1. The number of nitrogens with one attached hydrogen (secondary N) is 1. The molecule has 144 valence electrons. The van der Waals surface area contributed by atoms with Gasteiger partial charge in [-0.1, -0.05) is 25.1 Å². The van der Waals surface area contributed by atoms with Crippen LogP contribution in [0.1, 0.15) is 30.1 Å². The molecule has 0 aromatic heterocycles. The Morgan fingerprint density at radius 2 is 1.96 bits per heavy atom. The molecule has 27 heavy (non-hydrogen) atoms. The fraction of sp³-hybridized carbons (Fsp3) is 0.350. The van der Waals surface area contributed by atoms with Gasteiger partial charge in [-0.3, -0.25) is 4.79 Å². The van der Waals surface area contributed by atoms with E-state index in [9.17, 15) is 13.2 Å². The summed E-state index contributed by atoms with van der Waals surface area (Å²) in [6.45, 7) is 3.09. The van der Waals surface area contributed by atoms with Crippen LogP contribution in [0.4, 0.5) is 5.69 Å². The van der Waals surface area contributed by atoms with Gasteiger partial charge < -0.3 is 10.1 Å². The molecule has 6 nitrogen and oxygen atoms in total. The lowest BCUT2D eigenvalue weighted by atomic mass is 10.0. The molecule has 7 heteroatoms. The number of benzene rings is 2. The molecule has 0 spiro atoms. The number of sulfonamides is 1. The van der Waals surface area contributed by atoms with Gasteiger partial charge in [0.1, 0.15) is 5.75 Å². The molecule has 1 unspecified atom stereocenters. The van der Waals surface area contributed by atoms with Crippen molar-refractivity contribution in [2.45, 2.75) is 24.7 Å². The Hall–Kier alpha value is -2.38. The maximum atomic E-state index is 12.9. The Kier molecular flexibility index (Phi) is 5.82. The first-order valence-corrected chi connectivity index (χ1v) is 10.4. The molecule has 1 heterocycles. The minimum absolute atomic E-state index is 0.143. The number of hydrogen-bond acceptors (Lipinski definition) is 4. The Morgan fingerprint density at radius 3 is 2.70 bits per heavy atom. The van der Waals surface area contributed by atoms with Crippen LogP contribution in [0.25, 0.3) is 0 Å². The number of amides is 1. The first-order chi connectivity index (χ1) is 12.9. The standard InChI is InChI=1S/C20H24N2O4S/c1-15-7-6-12-22(14-15)27(24,25)17-9-5-8-16(13-17)20(23)21-18-10-3-4-11-19(18)26-2/h3-5,8-11,13,15H,6-7,12,14H2,1-2H3,(H,21,23). The second-order valence-electron chi connectivity index (χ2n) is 6.79. The largest absolute Gasteiger partial charge is 0.495 e. The first-order valence-electron chi connectivity index (χ1n) is 8.96. The van der Waals surface area contributed by atoms with Crippen molar-refractivity contribution < 1.29 is 17.9 Å². The van der Waals surface area contributed by atoms with E-state index in [1.54, 1.807) is 36.4 Å². The number of carbonyl (C=O) groups is 1. The second-order valence-corrected chi connectivity index (χ2v) is 8.73. The van der Waals surface area contributed by atoms with Crippen LogP contribution in [-0.2, 0) is 10.0 Å². The fourth-order valence-corrected chi connectivity index (χ4v) is 4.90. The normalized spacial score (nSPS) is 18.1. The molecule has 2 aromatic rings. The molecule has 1 amide bonds. The van der Waals surface area contributed by atoms with Gasteiger partial charge in [-0.15, -0.1) is 0 Å². The highest BCUT2D eigenvalue weighted by Crippen LogP contribution is 2.26. The van der Waals surface area contributed by atoms with Crippen molar-refractivity contribution in [3.8, 4) is 5.75 Å². The van der Waals surface area contributed by atoms with Crippen molar-refractivity contribution in [3.63, 3.8) is 0 Å². The molecular weight excluding hydrogens is 364 g/mol. The zero-order chi connectivity index (χ0) is 19.4. The average Bonchev–Trinajstić information content (AvgIpc) is 2.68. The highest BCUT2D eigenvalue weighted by atomic mass is 32.2. The minimum Gasteiger partial charge on any atom is -0.495 e. The van der Waals surface area contributed by atoms with Crippen molar-refractivity contribution >= 4 is 21.6 Å². The third-order valence-electron chi connectivity index (χ3n) is 4.71. The molecule has 1 fully saturated rings. The lowest BCUT2D eigenvalue weighted by molar-refractivity contribution is 0.102. The Bertz CT molecular complexity index is 927. The van der Waals surface area contributed by atoms with E-state index in [2.05, 4.69) is 12.2 Å². The zero-order valence-electron chi connectivity index (χ0n) is 15.5. The van der Waals surface area contributed by atoms with E-state index in [0.717, 1.165) is 12.8 Å². The zero-order valence-corrected chi connectivity index (χ0v) is 16.3. The van der Waals surface area contributed by atoms with Gasteiger partial charge in [-0.25, -0.2) is 8.42 Å². The van der Waals surface area contributed by atoms with Crippen LogP contribution in [0, 0.1) is 5.92 Å². The van der Waals surface area contributed by atoms with E-state index in [4.69, 9.17) is 4.74 Å². The van der Waals surface area contributed by atoms with Crippen molar-refractivity contribution in [2.75, 3.05) is 25.5 Å². The molecule has 1 atom stereocenters. The second kappa shape index (κ2) is 8.10. The summed E-state index contributed by atoms with van der Waals surface area (Å²) in [7, 11) is -2.08. The summed E-state index contributed by atoms with van der Waals surface area (Å²) in [5.74, 6) is 0.492. The Balaban J connectivity index is 1.83. The quantitative estimate of drug-likeness (QED) is 0.852. The molecule has 2 aromatic carbocycles. The van der Waals surface area contributed by atoms with E-state index in [-0.39, 0.29) is 16.4 Å². The van der Waals surface area contributed by atoms with Crippen molar-refractivity contribution in [1.82, 2.24) is 4.31 Å². The topological polar surface area (TPSA) is 75.7 Å². The van der Waals surface area contributed by atoms with Crippen molar-refractivity contribution in [3.05, 3.63) is 54.1 Å². The van der Waals surface area contributed by atoms with Crippen LogP contribution < -0.4 is 10.1 Å². The van der Waals surface area contributed by atoms with Gasteiger partial charge in [-0.05, 0) is 49.1 Å². The highest BCUT2D eigenvalue weighted by Gasteiger charge is 2.29. The van der Waals surface area contributed by atoms with E-state index < -0.39 is 10.0 Å². The number of anilines is 1. The van der Waals surface area contributed by atoms with Crippen LogP contribution in [0.5, 0.6) is 5.75 Å². The molecule has 0 radical (unpaired) electrons. The number of methoxy groups -OCH3 is 1. The van der Waals surface area contributed by atoms with Crippen LogP contribution in [0.15, 0.2) is 53.4 Å². The summed E-state index contributed by atoms with van der Waals surface area (Å²) in [6, 6.07) is 13.2. The number of piperidine rings is 1. The molecule has 1 aliphatic heterocycles. The molecule has 1 aliphatic rings. The summed E-state index contributed by atoms with van der Waals surface area (Å²) < 4.78 is 32.6. The van der Waals surface area contributed by atoms with Crippen LogP contribution >= 0.6 is 0 Å². The number of carbonyl (C=O) groups excluding carboxylic acids is 1. The molecule has 3 rings (SSSR count). The summed E-state index contributed by atoms with van der Waals surface area (Å²) >= 11 is 0. The highest BCUT2D eigenvalue weighted by molar-refractivity contribution is 7.89. The number of ether oxygens (including phenoxy) is 1. The van der Waals surface area contributed by atoms with Gasteiger partial charge in [0.25, 0.3) is 5.91 Å². The van der Waals surface area contributed by atoms with Gasteiger partial charge >= 0.3 is 0 Å². The van der Waals surface area contributed by atoms with Gasteiger partial charge in [0.15, 0.2) is 0 Å². The third-order valence-corrected chi connectivity index (χ3v) is 6.57. The molecule has 0 saturated carbocycles. The average molecular weight is 388 g/mol. The van der Waals surface area contributed by atoms with Gasteiger partial charge in [-0.2, -0.15) is 4.31 Å². The summed E-state index contributed by atoms with van der Waals surface area (Å²) in [4.78, 5) is 12.8. The maximum Gasteiger partial charge on any atom is 0.255 e. The van der Waals surface area contributed by atoms with Crippen LogP contribution in [0.2, 0.25) is 0 Å². The lowest BCUT2D eigenvalue weighted by Crippen LogP contribution is -2.39. The molecule has 0 bridgehead atoms. The number of hydrogen-bond donors (Lipinski definition) is 1. The number of rotatable bonds is 5. The van der Waals surface area contributed by atoms with Gasteiger partial charge in [0.05, 0.1) is 17.7 Å². The fourth-order valence-electron chi connectivity index (χ4n) is 3.25. The minimum atomic E-state index is -3.61. The molecule has 1 saturated heterocycles. The van der Waals surface area contributed by atoms with E-state index >= 15 is 0 Å². The van der Waals surface area contributed by atoms with Gasteiger partial charge in [0.2, 0.25) is 10.0 Å². The van der Waals surface area contributed by atoms with E-state index in [0.29, 0.717) is 30.4 Å². The number of nitrogens with zero attached hydrogens (tertiary/aromatic N) is 1. The van der Waals surface area contributed by atoms with Crippen molar-refractivity contribution in [1.29, 1.82) is 0 Å². The monoisotopic (exact) mass is 388 g/mol. The predicted octanol–water partition coefficient (Wildman–Crippen LogP) is 3.37. The van der Waals surface area contributed by atoms with E-state index in [1.807, 2.05) is 0 Å². The van der Waals surface area contributed by atoms with Crippen LogP contribution in [0.3, 0.4) is 0 Å². The summed E-state index contributed by atoms with van der Waals surface area (Å²) in [5, 5.41) is 2.77. The lowest BCUT2D eigenvalue weighted by Gasteiger charge is -2.30. The van der Waals surface area contributed by atoms with Crippen LogP contribution in [-0.4, -0.2) is 38.8 Å².